The van der Waals surface area contributed by atoms with Crippen molar-refractivity contribution < 1.29 is 4.79 Å². The molecule has 0 bridgehead atoms. The van der Waals surface area contributed by atoms with Gasteiger partial charge in [0.2, 0.25) is 0 Å². The molecule has 0 aromatic heterocycles. The van der Waals surface area contributed by atoms with Gasteiger partial charge in [0, 0.05) is 13.0 Å². The van der Waals surface area contributed by atoms with Crippen molar-refractivity contribution in [1.82, 2.24) is 4.90 Å². The highest BCUT2D eigenvalue weighted by Gasteiger charge is 2.17. The summed E-state index contributed by atoms with van der Waals surface area (Å²) in [5.74, 6) is 1.72. The molecule has 1 heterocycles. The summed E-state index contributed by atoms with van der Waals surface area (Å²) in [7, 11) is 0. The number of carbonyl (C=O) groups is 1. The number of hydrogen-bond donors (Lipinski definition) is 0. The summed E-state index contributed by atoms with van der Waals surface area (Å²) in [5.41, 5.74) is 0. The minimum absolute atomic E-state index is 0.424. The van der Waals surface area contributed by atoms with Crippen molar-refractivity contribution in [3.05, 3.63) is 0 Å². The van der Waals surface area contributed by atoms with Crippen LogP contribution in [0.2, 0.25) is 0 Å². The minimum atomic E-state index is 0.424. The van der Waals surface area contributed by atoms with Gasteiger partial charge >= 0.3 is 0 Å². The number of unbranched alkanes of at least 4 members (excludes halogenated alkanes) is 3. The van der Waals surface area contributed by atoms with Crippen molar-refractivity contribution in [1.29, 1.82) is 0 Å². The zero-order chi connectivity index (χ0) is 10.2. The first-order valence-electron chi connectivity index (χ1n) is 5.56. The zero-order valence-electron chi connectivity index (χ0n) is 9.13. The standard InChI is InChI=1S/C11H21NOS/c1-14-9-5-3-2-4-7-12-8-6-11(13)10-12/h2-10H2,1H3. The number of thioether (sulfide) groups is 1. The molecule has 3 heteroatoms. The number of rotatable bonds is 7. The van der Waals surface area contributed by atoms with E-state index in [1.165, 1.54) is 31.4 Å². The van der Waals surface area contributed by atoms with E-state index in [4.69, 9.17) is 0 Å². The summed E-state index contributed by atoms with van der Waals surface area (Å²) < 4.78 is 0. The second-order valence-electron chi connectivity index (χ2n) is 3.97. The lowest BCUT2D eigenvalue weighted by molar-refractivity contribution is -0.116. The molecule has 0 atom stereocenters. The Morgan fingerprint density at radius 3 is 2.71 bits per heavy atom. The van der Waals surface area contributed by atoms with Gasteiger partial charge in [0.25, 0.3) is 0 Å². The number of ketones is 1. The lowest BCUT2D eigenvalue weighted by atomic mass is 10.2. The number of likely N-dealkylation sites (tertiary alicyclic amines) is 1. The van der Waals surface area contributed by atoms with Crippen molar-refractivity contribution in [3.63, 3.8) is 0 Å². The Morgan fingerprint density at radius 1 is 1.29 bits per heavy atom. The van der Waals surface area contributed by atoms with E-state index in [2.05, 4.69) is 11.2 Å². The molecule has 0 aromatic carbocycles. The zero-order valence-corrected chi connectivity index (χ0v) is 9.94. The molecule has 1 rings (SSSR count). The number of nitrogens with zero attached hydrogens (tertiary/aromatic N) is 1. The van der Waals surface area contributed by atoms with E-state index in [1.54, 1.807) is 0 Å². The van der Waals surface area contributed by atoms with Gasteiger partial charge in [-0.05, 0) is 31.4 Å². The third-order valence-corrected chi connectivity index (χ3v) is 3.38. The molecule has 0 N–H and O–H groups in total. The molecule has 0 aliphatic carbocycles. The molecule has 1 aliphatic rings. The largest absolute Gasteiger partial charge is 0.298 e. The van der Waals surface area contributed by atoms with Crippen LogP contribution >= 0.6 is 11.8 Å². The van der Waals surface area contributed by atoms with Crippen LogP contribution in [0.25, 0.3) is 0 Å². The first-order chi connectivity index (χ1) is 6.83. The molecule has 1 saturated heterocycles. The molecule has 0 aromatic rings. The molecule has 0 spiro atoms. The van der Waals surface area contributed by atoms with Gasteiger partial charge in [-0.2, -0.15) is 11.8 Å². The van der Waals surface area contributed by atoms with Crippen LogP contribution in [0, 0.1) is 0 Å². The topological polar surface area (TPSA) is 20.3 Å². The summed E-state index contributed by atoms with van der Waals surface area (Å²) in [4.78, 5) is 13.3. The van der Waals surface area contributed by atoms with Crippen LogP contribution in [0.15, 0.2) is 0 Å². The average molecular weight is 215 g/mol. The third-order valence-electron chi connectivity index (χ3n) is 2.68. The number of carbonyl (C=O) groups excluding carboxylic acids is 1. The van der Waals surface area contributed by atoms with Gasteiger partial charge < -0.3 is 0 Å². The van der Waals surface area contributed by atoms with Gasteiger partial charge in [0.05, 0.1) is 6.54 Å². The van der Waals surface area contributed by atoms with Crippen molar-refractivity contribution >= 4 is 17.5 Å². The molecule has 14 heavy (non-hydrogen) atoms. The maximum Gasteiger partial charge on any atom is 0.148 e. The summed E-state index contributed by atoms with van der Waals surface area (Å²) in [6.45, 7) is 2.85. The summed E-state index contributed by atoms with van der Waals surface area (Å²) in [6, 6.07) is 0. The van der Waals surface area contributed by atoms with E-state index in [0.717, 1.165) is 19.5 Å². The van der Waals surface area contributed by atoms with Gasteiger partial charge in [0.1, 0.15) is 5.78 Å². The molecular weight excluding hydrogens is 194 g/mol. The highest BCUT2D eigenvalue weighted by atomic mass is 32.2. The van der Waals surface area contributed by atoms with Gasteiger partial charge in [-0.15, -0.1) is 0 Å². The molecular formula is C11H21NOS. The molecule has 0 saturated carbocycles. The van der Waals surface area contributed by atoms with E-state index in [1.807, 2.05) is 11.8 Å². The fourth-order valence-corrected chi connectivity index (χ4v) is 2.31. The quantitative estimate of drug-likeness (QED) is 0.607. The Balaban J connectivity index is 1.86. The van der Waals surface area contributed by atoms with Crippen LogP contribution in [0.4, 0.5) is 0 Å². The highest BCUT2D eigenvalue weighted by Crippen LogP contribution is 2.08. The monoisotopic (exact) mass is 215 g/mol. The Morgan fingerprint density at radius 2 is 2.07 bits per heavy atom. The molecule has 1 fully saturated rings. The van der Waals surface area contributed by atoms with Crippen LogP contribution in [0.1, 0.15) is 32.1 Å². The predicted molar refractivity (Wildman–Crippen MR) is 62.9 cm³/mol. The van der Waals surface area contributed by atoms with Crippen LogP contribution < -0.4 is 0 Å². The number of hydrogen-bond acceptors (Lipinski definition) is 3. The Hall–Kier alpha value is -0.0200. The maximum atomic E-state index is 11.0. The lowest BCUT2D eigenvalue weighted by Crippen LogP contribution is -2.21. The second-order valence-corrected chi connectivity index (χ2v) is 4.96. The van der Waals surface area contributed by atoms with Gasteiger partial charge in [0.15, 0.2) is 0 Å². The molecule has 82 valence electrons. The van der Waals surface area contributed by atoms with E-state index < -0.39 is 0 Å². The Kier molecular flexibility index (Phi) is 6.28. The van der Waals surface area contributed by atoms with E-state index in [9.17, 15) is 4.79 Å². The average Bonchev–Trinajstić information content (AvgIpc) is 2.58. The van der Waals surface area contributed by atoms with Crippen LogP contribution in [0.5, 0.6) is 0 Å². The van der Waals surface area contributed by atoms with Crippen LogP contribution in [-0.4, -0.2) is 42.3 Å². The van der Waals surface area contributed by atoms with Crippen molar-refractivity contribution in [2.24, 2.45) is 0 Å². The maximum absolute atomic E-state index is 11.0. The first-order valence-corrected chi connectivity index (χ1v) is 6.95. The van der Waals surface area contributed by atoms with E-state index in [0.29, 0.717) is 12.3 Å². The molecule has 0 unspecified atom stereocenters. The number of Topliss-reactive ketones (excluding diaryl/α,β-unsaturated/α-hetero) is 1. The fourth-order valence-electron chi connectivity index (χ4n) is 1.82. The van der Waals surface area contributed by atoms with Gasteiger partial charge in [-0.1, -0.05) is 12.8 Å². The second kappa shape index (κ2) is 7.30. The van der Waals surface area contributed by atoms with Crippen molar-refractivity contribution in [2.75, 3.05) is 31.6 Å². The van der Waals surface area contributed by atoms with Crippen LogP contribution in [-0.2, 0) is 4.79 Å². The first kappa shape index (κ1) is 12.1. The third kappa shape index (κ3) is 5.01. The minimum Gasteiger partial charge on any atom is -0.298 e. The van der Waals surface area contributed by atoms with E-state index >= 15 is 0 Å². The van der Waals surface area contributed by atoms with E-state index in [-0.39, 0.29) is 0 Å². The fraction of sp³-hybridized carbons (Fsp3) is 0.909. The molecule has 0 radical (unpaired) electrons. The Bertz CT molecular complexity index is 173. The summed E-state index contributed by atoms with van der Waals surface area (Å²) >= 11 is 1.93. The molecule has 0 amide bonds. The highest BCUT2D eigenvalue weighted by molar-refractivity contribution is 7.98. The van der Waals surface area contributed by atoms with Gasteiger partial charge in [-0.3, -0.25) is 9.69 Å². The normalized spacial score (nSPS) is 17.9. The Labute approximate surface area is 91.4 Å². The SMILES string of the molecule is CSCCCCCCN1CCC(=O)C1. The smallest absolute Gasteiger partial charge is 0.148 e. The van der Waals surface area contributed by atoms with Crippen LogP contribution in [0.3, 0.4) is 0 Å². The van der Waals surface area contributed by atoms with Crippen molar-refractivity contribution in [2.45, 2.75) is 32.1 Å². The van der Waals surface area contributed by atoms with Crippen molar-refractivity contribution in [3.8, 4) is 0 Å². The molecule has 1 aliphatic heterocycles. The predicted octanol–water partition coefficient (Wildman–Crippen LogP) is 2.18. The molecule has 2 nitrogen and oxygen atoms in total. The summed E-state index contributed by atoms with van der Waals surface area (Å²) in [5, 5.41) is 0. The summed E-state index contributed by atoms with van der Waals surface area (Å²) in [6.07, 6.45) is 8.23. The lowest BCUT2D eigenvalue weighted by Gasteiger charge is -2.12. The van der Waals surface area contributed by atoms with Gasteiger partial charge in [-0.25, -0.2) is 0 Å².